The van der Waals surface area contributed by atoms with Crippen LogP contribution >= 0.6 is 0 Å². The van der Waals surface area contributed by atoms with E-state index in [2.05, 4.69) is 10.6 Å². The largest absolute Gasteiger partial charge is 0.488 e. The molecule has 4 rings (SSSR count). The molecule has 0 aliphatic heterocycles. The van der Waals surface area contributed by atoms with Crippen LogP contribution in [0.3, 0.4) is 0 Å². The Hall–Kier alpha value is -3.80. The number of anilines is 2. The van der Waals surface area contributed by atoms with Gasteiger partial charge in [0, 0.05) is 23.0 Å². The van der Waals surface area contributed by atoms with Gasteiger partial charge >= 0.3 is 0 Å². The number of carbonyl (C=O) groups is 2. The molecule has 3 aromatic rings. The molecule has 1 aliphatic rings. The lowest BCUT2D eigenvalue weighted by Crippen LogP contribution is -2.22. The van der Waals surface area contributed by atoms with Gasteiger partial charge in [0.05, 0.1) is 5.56 Å². The topological polar surface area (TPSA) is 93.5 Å². The van der Waals surface area contributed by atoms with Crippen molar-refractivity contribution < 1.29 is 14.3 Å². The Balaban J connectivity index is 1.35. The third kappa shape index (κ3) is 6.13. The van der Waals surface area contributed by atoms with Crippen LogP contribution in [0.5, 0.6) is 5.75 Å². The molecule has 0 atom stereocenters. The van der Waals surface area contributed by atoms with Crippen molar-refractivity contribution in [2.45, 2.75) is 44.8 Å². The van der Waals surface area contributed by atoms with Gasteiger partial charge in [-0.2, -0.15) is 0 Å². The number of hydrogen-bond acceptors (Lipinski definition) is 4. The Kier molecular flexibility index (Phi) is 7.25. The van der Waals surface area contributed by atoms with Gasteiger partial charge in [0.2, 0.25) is 0 Å². The monoisotopic (exact) mass is 443 g/mol. The number of hydrogen-bond donors (Lipinski definition) is 3. The van der Waals surface area contributed by atoms with Crippen LogP contribution in [0.15, 0.2) is 72.8 Å². The first kappa shape index (κ1) is 22.4. The molecule has 0 unspecified atom stereocenters. The minimum absolute atomic E-state index is 0.192. The van der Waals surface area contributed by atoms with Gasteiger partial charge in [-0.25, -0.2) is 0 Å². The lowest BCUT2D eigenvalue weighted by Gasteiger charge is -2.23. The van der Waals surface area contributed by atoms with E-state index in [9.17, 15) is 9.59 Å². The zero-order valence-corrected chi connectivity index (χ0v) is 18.6. The van der Waals surface area contributed by atoms with E-state index in [1.165, 1.54) is 32.1 Å². The molecule has 0 saturated heterocycles. The van der Waals surface area contributed by atoms with Crippen LogP contribution in [0, 0.1) is 0 Å². The van der Waals surface area contributed by atoms with E-state index in [0.29, 0.717) is 22.9 Å². The zero-order valence-electron chi connectivity index (χ0n) is 18.6. The van der Waals surface area contributed by atoms with E-state index in [1.54, 1.807) is 36.4 Å². The minimum Gasteiger partial charge on any atom is -0.488 e. The summed E-state index contributed by atoms with van der Waals surface area (Å²) in [5, 5.41) is 6.53. The van der Waals surface area contributed by atoms with Gasteiger partial charge in [0.1, 0.15) is 12.4 Å². The molecule has 0 heterocycles. The van der Waals surface area contributed by atoms with Crippen LogP contribution in [-0.2, 0) is 6.61 Å². The summed E-state index contributed by atoms with van der Waals surface area (Å²) in [5.74, 6) is -0.317. The summed E-state index contributed by atoms with van der Waals surface area (Å²) in [4.78, 5) is 24.3. The maximum absolute atomic E-state index is 12.8. The van der Waals surface area contributed by atoms with Gasteiger partial charge in [0.15, 0.2) is 0 Å². The summed E-state index contributed by atoms with van der Waals surface area (Å²) in [6.45, 7) is 0.215. The number of carbonyl (C=O) groups excluding carboxylic acids is 2. The van der Waals surface area contributed by atoms with Crippen molar-refractivity contribution in [1.82, 2.24) is 0 Å². The van der Waals surface area contributed by atoms with Crippen LogP contribution in [0.2, 0.25) is 0 Å². The average Bonchev–Trinajstić information content (AvgIpc) is 2.85. The highest BCUT2D eigenvalue weighted by Crippen LogP contribution is 2.23. The van der Waals surface area contributed by atoms with Crippen molar-refractivity contribution in [3.05, 3.63) is 89.5 Å². The third-order valence-electron chi connectivity index (χ3n) is 5.85. The predicted molar refractivity (Wildman–Crippen MR) is 131 cm³/mol. The van der Waals surface area contributed by atoms with Gasteiger partial charge in [-0.3, -0.25) is 9.59 Å². The summed E-state index contributed by atoms with van der Waals surface area (Å²) < 4.78 is 5.77. The van der Waals surface area contributed by atoms with E-state index >= 15 is 0 Å². The molecule has 0 radical (unpaired) electrons. The molecule has 170 valence electrons. The van der Waals surface area contributed by atoms with Crippen molar-refractivity contribution in [2.24, 2.45) is 5.73 Å². The van der Waals surface area contributed by atoms with E-state index in [1.807, 2.05) is 36.4 Å². The van der Waals surface area contributed by atoms with Crippen LogP contribution in [-0.4, -0.2) is 17.9 Å². The molecule has 0 aromatic heterocycles. The van der Waals surface area contributed by atoms with E-state index in [0.717, 1.165) is 16.9 Å². The molecule has 1 aliphatic carbocycles. The van der Waals surface area contributed by atoms with Crippen molar-refractivity contribution in [3.8, 4) is 5.75 Å². The molecule has 33 heavy (non-hydrogen) atoms. The SMILES string of the molecule is NC(=O)c1ccccc1OCc1cccc(C(=O)Nc2ccc(NC3CCCCC3)cc2)c1. The first-order chi connectivity index (χ1) is 16.1. The number of benzene rings is 3. The fourth-order valence-electron chi connectivity index (χ4n) is 4.10. The molecule has 0 bridgehead atoms. The number of rotatable bonds is 8. The number of para-hydroxylation sites is 1. The number of primary amides is 1. The van der Waals surface area contributed by atoms with Gasteiger partial charge < -0.3 is 21.1 Å². The van der Waals surface area contributed by atoms with Gasteiger partial charge in [-0.15, -0.1) is 0 Å². The van der Waals surface area contributed by atoms with Crippen LogP contribution < -0.4 is 21.1 Å². The molecular formula is C27H29N3O3. The molecule has 3 aromatic carbocycles. The fourth-order valence-corrected chi connectivity index (χ4v) is 4.10. The molecule has 1 fully saturated rings. The second kappa shape index (κ2) is 10.7. The maximum Gasteiger partial charge on any atom is 0.255 e. The van der Waals surface area contributed by atoms with Gasteiger partial charge in [-0.1, -0.05) is 43.5 Å². The summed E-state index contributed by atoms with van der Waals surface area (Å²) in [7, 11) is 0. The van der Waals surface area contributed by atoms with Crippen molar-refractivity contribution in [3.63, 3.8) is 0 Å². The maximum atomic E-state index is 12.8. The van der Waals surface area contributed by atoms with Crippen LogP contribution in [0.4, 0.5) is 11.4 Å². The fraction of sp³-hybridized carbons (Fsp3) is 0.259. The number of nitrogens with one attached hydrogen (secondary N) is 2. The van der Waals surface area contributed by atoms with Crippen molar-refractivity contribution in [1.29, 1.82) is 0 Å². The van der Waals surface area contributed by atoms with E-state index in [-0.39, 0.29) is 12.5 Å². The zero-order chi connectivity index (χ0) is 23.0. The summed E-state index contributed by atoms with van der Waals surface area (Å²) >= 11 is 0. The Morgan fingerprint density at radius 3 is 2.36 bits per heavy atom. The molecule has 6 nitrogen and oxygen atoms in total. The molecule has 1 saturated carbocycles. The Labute approximate surface area is 194 Å². The normalized spacial score (nSPS) is 13.8. The summed E-state index contributed by atoms with van der Waals surface area (Å²) in [6, 6.07) is 22.4. The second-order valence-electron chi connectivity index (χ2n) is 8.36. The van der Waals surface area contributed by atoms with E-state index in [4.69, 9.17) is 10.5 Å². The first-order valence-electron chi connectivity index (χ1n) is 11.4. The van der Waals surface area contributed by atoms with Crippen molar-refractivity contribution in [2.75, 3.05) is 10.6 Å². The summed E-state index contributed by atoms with van der Waals surface area (Å²) in [6.07, 6.45) is 6.33. The molecule has 6 heteroatoms. The highest BCUT2D eigenvalue weighted by atomic mass is 16.5. The first-order valence-corrected chi connectivity index (χ1v) is 11.4. The highest BCUT2D eigenvalue weighted by Gasteiger charge is 2.13. The van der Waals surface area contributed by atoms with E-state index < -0.39 is 5.91 Å². The number of ether oxygens (including phenoxy) is 1. The Bertz CT molecular complexity index is 1110. The Morgan fingerprint density at radius 2 is 1.61 bits per heavy atom. The Morgan fingerprint density at radius 1 is 0.879 bits per heavy atom. The third-order valence-corrected chi connectivity index (χ3v) is 5.85. The van der Waals surface area contributed by atoms with Gasteiger partial charge in [0.25, 0.3) is 11.8 Å². The smallest absolute Gasteiger partial charge is 0.255 e. The quantitative estimate of drug-likeness (QED) is 0.437. The number of nitrogens with two attached hydrogens (primary N) is 1. The molecule has 2 amide bonds. The molecule has 4 N–H and O–H groups in total. The lowest BCUT2D eigenvalue weighted by molar-refractivity contribution is 0.0994. The van der Waals surface area contributed by atoms with Crippen LogP contribution in [0.1, 0.15) is 58.4 Å². The summed E-state index contributed by atoms with van der Waals surface area (Å²) in [5.41, 5.74) is 8.89. The number of amides is 2. The highest BCUT2D eigenvalue weighted by molar-refractivity contribution is 6.04. The predicted octanol–water partition coefficient (Wildman–Crippen LogP) is 5.36. The van der Waals surface area contributed by atoms with Crippen molar-refractivity contribution >= 4 is 23.2 Å². The average molecular weight is 444 g/mol. The minimum atomic E-state index is -0.543. The van der Waals surface area contributed by atoms with Gasteiger partial charge in [-0.05, 0) is 66.9 Å². The second-order valence-corrected chi connectivity index (χ2v) is 8.36. The lowest BCUT2D eigenvalue weighted by atomic mass is 9.95. The van der Waals surface area contributed by atoms with Crippen LogP contribution in [0.25, 0.3) is 0 Å². The standard InChI is InChI=1S/C27H29N3O3/c28-26(31)24-11-4-5-12-25(24)33-18-19-7-6-8-20(17-19)27(32)30-23-15-13-22(14-16-23)29-21-9-2-1-3-10-21/h4-8,11-17,21,29H,1-3,9-10,18H2,(H2,28,31)(H,30,32). The molecular weight excluding hydrogens is 414 g/mol. The molecule has 0 spiro atoms.